The summed E-state index contributed by atoms with van der Waals surface area (Å²) in [5, 5.41) is 12.3. The lowest BCUT2D eigenvalue weighted by Gasteiger charge is -2.12. The Balaban J connectivity index is 1.99. The molecule has 1 heterocycles. The average molecular weight is 333 g/mol. The number of aromatic nitrogens is 2. The number of benzene rings is 2. The second-order valence-electron chi connectivity index (χ2n) is 6.03. The van der Waals surface area contributed by atoms with E-state index < -0.39 is 5.97 Å². The highest BCUT2D eigenvalue weighted by Crippen LogP contribution is 2.24. The van der Waals surface area contributed by atoms with Crippen molar-refractivity contribution >= 4 is 17.5 Å². The molecule has 5 nitrogen and oxygen atoms in total. The van der Waals surface area contributed by atoms with Crippen LogP contribution >= 0.6 is 0 Å². The molecule has 0 aliphatic rings. The third-order valence-corrected chi connectivity index (χ3v) is 3.71. The van der Waals surface area contributed by atoms with Gasteiger partial charge in [0.15, 0.2) is 0 Å². The van der Waals surface area contributed by atoms with Gasteiger partial charge < -0.3 is 10.4 Å². The zero-order valence-electron chi connectivity index (χ0n) is 14.1. The van der Waals surface area contributed by atoms with Crippen LogP contribution in [0.5, 0.6) is 0 Å². The Morgan fingerprint density at radius 1 is 1.00 bits per heavy atom. The number of aromatic carboxylic acids is 1. The molecule has 3 aromatic rings. The molecule has 3 rings (SSSR count). The van der Waals surface area contributed by atoms with Gasteiger partial charge in [-0.05, 0) is 18.2 Å². The van der Waals surface area contributed by atoms with Crippen LogP contribution in [0.25, 0.3) is 11.3 Å². The summed E-state index contributed by atoms with van der Waals surface area (Å²) in [6.07, 6.45) is 0. The molecule has 0 aliphatic heterocycles. The van der Waals surface area contributed by atoms with E-state index in [2.05, 4.69) is 15.3 Å². The van der Waals surface area contributed by atoms with Crippen LogP contribution in [0.15, 0.2) is 60.7 Å². The Morgan fingerprint density at radius 3 is 2.44 bits per heavy atom. The second kappa shape index (κ2) is 7.13. The number of anilines is 2. The van der Waals surface area contributed by atoms with Crippen molar-refractivity contribution < 1.29 is 9.90 Å². The highest BCUT2D eigenvalue weighted by molar-refractivity contribution is 5.89. The first kappa shape index (κ1) is 16.6. The Labute approximate surface area is 146 Å². The summed E-state index contributed by atoms with van der Waals surface area (Å²) < 4.78 is 0. The molecular formula is C20H19N3O2. The van der Waals surface area contributed by atoms with E-state index >= 15 is 0 Å². The zero-order chi connectivity index (χ0) is 17.8. The molecule has 0 saturated carbocycles. The van der Waals surface area contributed by atoms with Gasteiger partial charge in [-0.2, -0.15) is 0 Å². The van der Waals surface area contributed by atoms with Gasteiger partial charge in [0.05, 0.1) is 11.3 Å². The molecule has 1 aromatic heterocycles. The summed E-state index contributed by atoms with van der Waals surface area (Å²) in [4.78, 5) is 20.3. The monoisotopic (exact) mass is 333 g/mol. The maximum atomic E-state index is 11.1. The first-order chi connectivity index (χ1) is 12.0. The van der Waals surface area contributed by atoms with Crippen LogP contribution in [0.2, 0.25) is 0 Å². The molecule has 5 heteroatoms. The lowest BCUT2D eigenvalue weighted by Crippen LogP contribution is -2.04. The molecule has 0 fully saturated rings. The van der Waals surface area contributed by atoms with Gasteiger partial charge in [-0.15, -0.1) is 0 Å². The molecule has 0 unspecified atom stereocenters. The van der Waals surface area contributed by atoms with E-state index in [1.807, 2.05) is 56.3 Å². The van der Waals surface area contributed by atoms with E-state index in [1.165, 1.54) is 0 Å². The summed E-state index contributed by atoms with van der Waals surface area (Å²) in [6, 6.07) is 18.4. The summed E-state index contributed by atoms with van der Waals surface area (Å²) in [7, 11) is 0. The van der Waals surface area contributed by atoms with Crippen molar-refractivity contribution in [2.45, 2.75) is 19.8 Å². The third kappa shape index (κ3) is 4.01. The summed E-state index contributed by atoms with van der Waals surface area (Å²) in [5.41, 5.74) is 2.74. The van der Waals surface area contributed by atoms with E-state index in [1.54, 1.807) is 18.2 Å². The first-order valence-corrected chi connectivity index (χ1v) is 8.07. The van der Waals surface area contributed by atoms with Crippen molar-refractivity contribution in [1.82, 2.24) is 9.97 Å². The van der Waals surface area contributed by atoms with Gasteiger partial charge >= 0.3 is 5.97 Å². The lowest BCUT2D eigenvalue weighted by atomic mass is 10.1. The van der Waals surface area contributed by atoms with Crippen molar-refractivity contribution in [3.8, 4) is 11.3 Å². The minimum Gasteiger partial charge on any atom is -0.478 e. The Bertz CT molecular complexity index is 892. The molecule has 0 atom stereocenters. The summed E-state index contributed by atoms with van der Waals surface area (Å²) in [6.45, 7) is 4.08. The highest BCUT2D eigenvalue weighted by atomic mass is 16.4. The van der Waals surface area contributed by atoms with Gasteiger partial charge in [-0.1, -0.05) is 50.2 Å². The lowest BCUT2D eigenvalue weighted by molar-refractivity contribution is 0.0697. The number of carbonyl (C=O) groups is 1. The third-order valence-electron chi connectivity index (χ3n) is 3.71. The molecule has 0 radical (unpaired) electrons. The molecule has 2 N–H and O–H groups in total. The molecular weight excluding hydrogens is 314 g/mol. The fraction of sp³-hybridized carbons (Fsp3) is 0.150. The van der Waals surface area contributed by atoms with E-state index in [-0.39, 0.29) is 11.5 Å². The molecule has 0 spiro atoms. The predicted octanol–water partition coefficient (Wildman–Crippen LogP) is 4.71. The predicted molar refractivity (Wildman–Crippen MR) is 98.2 cm³/mol. The molecule has 0 saturated heterocycles. The number of nitrogens with one attached hydrogen (secondary N) is 1. The van der Waals surface area contributed by atoms with E-state index in [9.17, 15) is 4.79 Å². The van der Waals surface area contributed by atoms with Gasteiger partial charge in [0, 0.05) is 23.2 Å². The van der Waals surface area contributed by atoms with Crippen LogP contribution in [0, 0.1) is 0 Å². The molecule has 0 aliphatic carbocycles. The Morgan fingerprint density at radius 2 is 1.76 bits per heavy atom. The van der Waals surface area contributed by atoms with E-state index in [0.717, 1.165) is 17.1 Å². The first-order valence-electron chi connectivity index (χ1n) is 8.07. The fourth-order valence-electron chi connectivity index (χ4n) is 2.42. The number of nitrogens with zero attached hydrogens (tertiary/aromatic N) is 2. The SMILES string of the molecule is CC(C)c1nc(Nc2cccc(C(=O)O)c2)cc(-c2ccccc2)n1. The van der Waals surface area contributed by atoms with Gasteiger partial charge in [-0.3, -0.25) is 0 Å². The zero-order valence-corrected chi connectivity index (χ0v) is 14.1. The van der Waals surface area contributed by atoms with E-state index in [4.69, 9.17) is 5.11 Å². The average Bonchev–Trinajstić information content (AvgIpc) is 2.62. The number of hydrogen-bond donors (Lipinski definition) is 2. The van der Waals surface area contributed by atoms with Crippen molar-refractivity contribution in [1.29, 1.82) is 0 Å². The quantitative estimate of drug-likeness (QED) is 0.707. The van der Waals surface area contributed by atoms with Crippen molar-refractivity contribution in [3.63, 3.8) is 0 Å². The van der Waals surface area contributed by atoms with Gasteiger partial charge in [0.25, 0.3) is 0 Å². The molecule has 0 bridgehead atoms. The molecule has 126 valence electrons. The minimum absolute atomic E-state index is 0.176. The van der Waals surface area contributed by atoms with Crippen molar-refractivity contribution in [2.75, 3.05) is 5.32 Å². The standard InChI is InChI=1S/C20H19N3O2/c1-13(2)19-22-17(14-7-4-3-5-8-14)12-18(23-19)21-16-10-6-9-15(11-16)20(24)25/h3-13H,1-2H3,(H,24,25)(H,21,22,23). The number of rotatable bonds is 5. The van der Waals surface area contributed by atoms with Crippen molar-refractivity contribution in [3.05, 3.63) is 72.1 Å². The van der Waals surface area contributed by atoms with Crippen molar-refractivity contribution in [2.24, 2.45) is 0 Å². The highest BCUT2D eigenvalue weighted by Gasteiger charge is 2.10. The molecule has 25 heavy (non-hydrogen) atoms. The van der Waals surface area contributed by atoms with Gasteiger partial charge in [-0.25, -0.2) is 14.8 Å². The Hall–Kier alpha value is -3.21. The van der Waals surface area contributed by atoms with Crippen LogP contribution in [0.1, 0.15) is 35.9 Å². The van der Waals surface area contributed by atoms with Gasteiger partial charge in [0.1, 0.15) is 11.6 Å². The van der Waals surface area contributed by atoms with Crippen LogP contribution in [-0.4, -0.2) is 21.0 Å². The topological polar surface area (TPSA) is 75.1 Å². The smallest absolute Gasteiger partial charge is 0.335 e. The number of carboxylic acid groups (broad SMARTS) is 1. The largest absolute Gasteiger partial charge is 0.478 e. The summed E-state index contributed by atoms with van der Waals surface area (Å²) in [5.74, 6) is 0.590. The van der Waals surface area contributed by atoms with Gasteiger partial charge in [0.2, 0.25) is 0 Å². The minimum atomic E-state index is -0.959. The fourth-order valence-corrected chi connectivity index (χ4v) is 2.42. The van der Waals surface area contributed by atoms with Crippen LogP contribution in [-0.2, 0) is 0 Å². The van der Waals surface area contributed by atoms with Crippen LogP contribution < -0.4 is 5.32 Å². The number of carboxylic acids is 1. The normalized spacial score (nSPS) is 10.7. The second-order valence-corrected chi connectivity index (χ2v) is 6.03. The van der Waals surface area contributed by atoms with Crippen LogP contribution in [0.4, 0.5) is 11.5 Å². The maximum absolute atomic E-state index is 11.1. The molecule has 2 aromatic carbocycles. The van der Waals surface area contributed by atoms with Crippen LogP contribution in [0.3, 0.4) is 0 Å². The molecule has 0 amide bonds. The summed E-state index contributed by atoms with van der Waals surface area (Å²) >= 11 is 0. The maximum Gasteiger partial charge on any atom is 0.335 e. The Kier molecular flexibility index (Phi) is 4.75. The van der Waals surface area contributed by atoms with E-state index in [0.29, 0.717) is 11.5 Å². The number of hydrogen-bond acceptors (Lipinski definition) is 4.